The highest BCUT2D eigenvalue weighted by atomic mass is 16.3. The number of nitrogens with one attached hydrogen (secondary N) is 1. The van der Waals surface area contributed by atoms with Gasteiger partial charge in [-0.25, -0.2) is 0 Å². The molecular weight excluding hydrogens is 236 g/mol. The van der Waals surface area contributed by atoms with Gasteiger partial charge in [-0.15, -0.1) is 0 Å². The van der Waals surface area contributed by atoms with Crippen molar-refractivity contribution in [1.82, 2.24) is 5.32 Å². The van der Waals surface area contributed by atoms with Gasteiger partial charge in [0.1, 0.15) is 0 Å². The number of nitriles is 1. The normalized spacial score (nSPS) is 25.3. The summed E-state index contributed by atoms with van der Waals surface area (Å²) >= 11 is 0. The standard InChI is InChI=1S/C16H22N2O/c17-12-11-14(13-7-3-1-4-8-13)18-15-9-5-2-6-10-16(15)19/h1,3-4,7-8,14-16,18-19H,2,5-6,9-11H2. The van der Waals surface area contributed by atoms with E-state index in [1.165, 1.54) is 6.42 Å². The predicted octanol–water partition coefficient (Wildman–Crippen LogP) is 2.92. The van der Waals surface area contributed by atoms with Crippen molar-refractivity contribution >= 4 is 0 Å². The molecule has 0 heterocycles. The molecule has 1 aliphatic carbocycles. The van der Waals surface area contributed by atoms with Crippen molar-refractivity contribution in [3.8, 4) is 6.07 Å². The lowest BCUT2D eigenvalue weighted by Gasteiger charge is -2.27. The number of hydrogen-bond donors (Lipinski definition) is 2. The zero-order valence-corrected chi connectivity index (χ0v) is 11.3. The maximum atomic E-state index is 10.2. The molecule has 3 unspecified atom stereocenters. The van der Waals surface area contributed by atoms with Crippen molar-refractivity contribution in [3.63, 3.8) is 0 Å². The summed E-state index contributed by atoms with van der Waals surface area (Å²) < 4.78 is 0. The molecule has 0 aromatic heterocycles. The highest BCUT2D eigenvalue weighted by Crippen LogP contribution is 2.23. The van der Waals surface area contributed by atoms with Gasteiger partial charge >= 0.3 is 0 Å². The Morgan fingerprint density at radius 1 is 1.21 bits per heavy atom. The van der Waals surface area contributed by atoms with Gasteiger partial charge in [-0.3, -0.25) is 0 Å². The second-order valence-corrected chi connectivity index (χ2v) is 5.30. The zero-order valence-electron chi connectivity index (χ0n) is 11.3. The minimum atomic E-state index is -0.285. The molecule has 0 bridgehead atoms. The lowest BCUT2D eigenvalue weighted by Crippen LogP contribution is -2.41. The van der Waals surface area contributed by atoms with Crippen molar-refractivity contribution in [2.24, 2.45) is 0 Å². The first kappa shape index (κ1) is 14.0. The number of rotatable bonds is 4. The molecule has 3 heteroatoms. The van der Waals surface area contributed by atoms with Gasteiger partial charge in [0.05, 0.1) is 18.6 Å². The van der Waals surface area contributed by atoms with Crippen molar-refractivity contribution in [2.45, 2.75) is 56.7 Å². The molecule has 1 saturated carbocycles. The van der Waals surface area contributed by atoms with Crippen LogP contribution >= 0.6 is 0 Å². The van der Waals surface area contributed by atoms with Crippen LogP contribution in [0.25, 0.3) is 0 Å². The molecule has 19 heavy (non-hydrogen) atoms. The van der Waals surface area contributed by atoms with E-state index in [1.54, 1.807) is 0 Å². The summed E-state index contributed by atoms with van der Waals surface area (Å²) in [6.07, 6.45) is 5.47. The molecule has 2 rings (SSSR count). The van der Waals surface area contributed by atoms with Crippen LogP contribution in [0.4, 0.5) is 0 Å². The largest absolute Gasteiger partial charge is 0.392 e. The first-order valence-electron chi connectivity index (χ1n) is 7.17. The van der Waals surface area contributed by atoms with Crippen molar-refractivity contribution in [1.29, 1.82) is 5.26 Å². The lowest BCUT2D eigenvalue weighted by atomic mass is 9.99. The number of nitrogens with zero attached hydrogens (tertiary/aromatic N) is 1. The van der Waals surface area contributed by atoms with Gasteiger partial charge < -0.3 is 10.4 Å². The van der Waals surface area contributed by atoms with Gasteiger partial charge in [-0.05, 0) is 18.4 Å². The number of aliphatic hydroxyl groups is 1. The summed E-state index contributed by atoms with van der Waals surface area (Å²) in [5.74, 6) is 0. The van der Waals surface area contributed by atoms with E-state index in [1.807, 2.05) is 30.3 Å². The van der Waals surface area contributed by atoms with Gasteiger partial charge in [-0.2, -0.15) is 5.26 Å². The topological polar surface area (TPSA) is 56.0 Å². The quantitative estimate of drug-likeness (QED) is 0.816. The van der Waals surface area contributed by atoms with Gasteiger partial charge in [-0.1, -0.05) is 49.6 Å². The molecule has 0 amide bonds. The Balaban J connectivity index is 2.05. The number of hydrogen-bond acceptors (Lipinski definition) is 3. The molecule has 0 saturated heterocycles. The van der Waals surface area contributed by atoms with E-state index in [2.05, 4.69) is 11.4 Å². The van der Waals surface area contributed by atoms with Crippen molar-refractivity contribution in [3.05, 3.63) is 35.9 Å². The van der Waals surface area contributed by atoms with Crippen LogP contribution in [0, 0.1) is 11.3 Å². The van der Waals surface area contributed by atoms with E-state index < -0.39 is 0 Å². The molecule has 1 aromatic carbocycles. The third-order valence-corrected chi connectivity index (χ3v) is 3.89. The Labute approximate surface area is 115 Å². The van der Waals surface area contributed by atoms with E-state index in [0.717, 1.165) is 31.2 Å². The van der Waals surface area contributed by atoms with Gasteiger partial charge in [0, 0.05) is 12.1 Å². The van der Waals surface area contributed by atoms with Crippen LogP contribution in [-0.2, 0) is 0 Å². The van der Waals surface area contributed by atoms with E-state index in [0.29, 0.717) is 6.42 Å². The fourth-order valence-corrected chi connectivity index (χ4v) is 2.79. The molecule has 102 valence electrons. The maximum Gasteiger partial charge on any atom is 0.0693 e. The second kappa shape index (κ2) is 7.28. The third-order valence-electron chi connectivity index (χ3n) is 3.89. The van der Waals surface area contributed by atoms with Crippen LogP contribution in [-0.4, -0.2) is 17.3 Å². The predicted molar refractivity (Wildman–Crippen MR) is 75.4 cm³/mol. The first-order valence-corrected chi connectivity index (χ1v) is 7.17. The van der Waals surface area contributed by atoms with E-state index >= 15 is 0 Å². The molecule has 1 fully saturated rings. The summed E-state index contributed by atoms with van der Waals surface area (Å²) in [5, 5.41) is 22.7. The monoisotopic (exact) mass is 258 g/mol. The maximum absolute atomic E-state index is 10.2. The van der Waals surface area contributed by atoms with Gasteiger partial charge in [0.25, 0.3) is 0 Å². The second-order valence-electron chi connectivity index (χ2n) is 5.30. The van der Waals surface area contributed by atoms with Crippen LogP contribution in [0.1, 0.15) is 50.1 Å². The smallest absolute Gasteiger partial charge is 0.0693 e. The molecule has 1 aromatic rings. The fraction of sp³-hybridized carbons (Fsp3) is 0.562. The summed E-state index contributed by atoms with van der Waals surface area (Å²) in [7, 11) is 0. The summed E-state index contributed by atoms with van der Waals surface area (Å²) in [5.41, 5.74) is 1.13. The minimum absolute atomic E-state index is 0.0175. The Hall–Kier alpha value is -1.37. The molecule has 0 spiro atoms. The average molecular weight is 258 g/mol. The minimum Gasteiger partial charge on any atom is -0.392 e. The Morgan fingerprint density at radius 3 is 2.68 bits per heavy atom. The molecule has 3 nitrogen and oxygen atoms in total. The average Bonchev–Trinajstić information content (AvgIpc) is 2.64. The van der Waals surface area contributed by atoms with Crippen molar-refractivity contribution < 1.29 is 5.11 Å². The summed E-state index contributed by atoms with van der Waals surface area (Å²) in [4.78, 5) is 0. The van der Waals surface area contributed by atoms with Gasteiger partial charge in [0.15, 0.2) is 0 Å². The summed E-state index contributed by atoms with van der Waals surface area (Å²) in [6, 6.07) is 12.4. The molecule has 1 aliphatic rings. The zero-order chi connectivity index (χ0) is 13.5. The molecule has 0 radical (unpaired) electrons. The Morgan fingerprint density at radius 2 is 1.95 bits per heavy atom. The Bertz CT molecular complexity index is 413. The Kier molecular flexibility index (Phi) is 5.38. The van der Waals surface area contributed by atoms with Crippen LogP contribution in [0.3, 0.4) is 0 Å². The van der Waals surface area contributed by atoms with Crippen LogP contribution < -0.4 is 5.32 Å². The van der Waals surface area contributed by atoms with Crippen molar-refractivity contribution in [2.75, 3.05) is 0 Å². The molecule has 0 aliphatic heterocycles. The van der Waals surface area contributed by atoms with E-state index in [4.69, 9.17) is 5.26 Å². The lowest BCUT2D eigenvalue weighted by molar-refractivity contribution is 0.114. The van der Waals surface area contributed by atoms with Crippen LogP contribution in [0.2, 0.25) is 0 Å². The highest BCUT2D eigenvalue weighted by Gasteiger charge is 2.24. The molecule has 2 N–H and O–H groups in total. The first-order chi connectivity index (χ1) is 9.31. The molecule has 3 atom stereocenters. The third kappa shape index (κ3) is 4.05. The molecular formula is C16H22N2O. The van der Waals surface area contributed by atoms with Crippen LogP contribution in [0.15, 0.2) is 30.3 Å². The van der Waals surface area contributed by atoms with Gasteiger partial charge in [0.2, 0.25) is 0 Å². The highest BCUT2D eigenvalue weighted by molar-refractivity contribution is 5.20. The fourth-order valence-electron chi connectivity index (χ4n) is 2.79. The SMILES string of the molecule is N#CCC(NC1CCCCCC1O)c1ccccc1. The van der Waals surface area contributed by atoms with E-state index in [-0.39, 0.29) is 18.2 Å². The van der Waals surface area contributed by atoms with Crippen LogP contribution in [0.5, 0.6) is 0 Å². The van der Waals surface area contributed by atoms with E-state index in [9.17, 15) is 5.11 Å². The number of aliphatic hydroxyl groups excluding tert-OH is 1. The number of benzene rings is 1. The summed E-state index contributed by atoms with van der Waals surface area (Å²) in [6.45, 7) is 0.